The molecule has 0 aromatic carbocycles. The fourth-order valence-corrected chi connectivity index (χ4v) is 2.10. The van der Waals surface area contributed by atoms with E-state index in [4.69, 9.17) is 9.84 Å². The van der Waals surface area contributed by atoms with E-state index < -0.39 is 17.5 Å². The van der Waals surface area contributed by atoms with E-state index in [1.54, 1.807) is 0 Å². The lowest BCUT2D eigenvalue weighted by molar-refractivity contribution is -0.144. The highest BCUT2D eigenvalue weighted by molar-refractivity contribution is 5.85. The predicted octanol–water partition coefficient (Wildman–Crippen LogP) is 1.11. The summed E-state index contributed by atoms with van der Waals surface area (Å²) in [5.41, 5.74) is -1.22. The molecule has 1 rings (SSSR count). The largest absolute Gasteiger partial charge is 0.480 e. The van der Waals surface area contributed by atoms with Gasteiger partial charge in [-0.05, 0) is 26.7 Å². The number of aliphatic carboxylic acids is 1. The maximum atomic E-state index is 11.8. The third kappa shape index (κ3) is 3.60. The lowest BCUT2D eigenvalue weighted by Gasteiger charge is -2.27. The first kappa shape index (κ1) is 14.8. The van der Waals surface area contributed by atoms with Crippen LogP contribution >= 0.6 is 0 Å². The van der Waals surface area contributed by atoms with Crippen LogP contribution in [0.1, 0.15) is 40.0 Å². The van der Waals surface area contributed by atoms with Gasteiger partial charge in [-0.3, -0.25) is 0 Å². The Kier molecular flexibility index (Phi) is 4.95. The molecule has 3 N–H and O–H groups in total. The zero-order valence-corrected chi connectivity index (χ0v) is 11.2. The van der Waals surface area contributed by atoms with Gasteiger partial charge in [0.2, 0.25) is 0 Å². The number of carbonyl (C=O) groups excluding carboxylic acids is 1. The molecule has 0 bridgehead atoms. The van der Waals surface area contributed by atoms with Crippen LogP contribution in [0.25, 0.3) is 0 Å². The van der Waals surface area contributed by atoms with Crippen molar-refractivity contribution in [3.8, 4) is 0 Å². The maximum absolute atomic E-state index is 11.8. The number of urea groups is 1. The lowest BCUT2D eigenvalue weighted by Crippen LogP contribution is -2.57. The zero-order chi connectivity index (χ0) is 13.8. The van der Waals surface area contributed by atoms with Gasteiger partial charge < -0.3 is 20.5 Å². The number of rotatable bonds is 5. The molecule has 104 valence electrons. The normalized spacial score (nSPS) is 26.4. The number of hydrogen-bond acceptors (Lipinski definition) is 3. The second-order valence-electron chi connectivity index (χ2n) is 4.96. The van der Waals surface area contributed by atoms with Gasteiger partial charge in [0.15, 0.2) is 0 Å². The van der Waals surface area contributed by atoms with Gasteiger partial charge in [0.25, 0.3) is 0 Å². The number of nitrogens with one attached hydrogen (secondary N) is 2. The molecule has 18 heavy (non-hydrogen) atoms. The molecule has 0 spiro atoms. The molecule has 0 aromatic heterocycles. The first-order valence-electron chi connectivity index (χ1n) is 6.32. The average Bonchev–Trinajstić information content (AvgIpc) is 2.64. The average molecular weight is 258 g/mol. The number of ether oxygens (including phenoxy) is 1. The molecule has 1 saturated heterocycles. The van der Waals surface area contributed by atoms with Crippen molar-refractivity contribution < 1.29 is 19.4 Å². The molecule has 3 unspecified atom stereocenters. The van der Waals surface area contributed by atoms with Gasteiger partial charge in [-0.1, -0.05) is 13.3 Å². The van der Waals surface area contributed by atoms with Crippen molar-refractivity contribution in [1.29, 1.82) is 0 Å². The molecule has 0 radical (unpaired) electrons. The van der Waals surface area contributed by atoms with Crippen LogP contribution in [-0.2, 0) is 9.53 Å². The summed E-state index contributed by atoms with van der Waals surface area (Å²) in [6, 6.07) is -0.500. The summed E-state index contributed by atoms with van der Waals surface area (Å²) in [4.78, 5) is 23.0. The van der Waals surface area contributed by atoms with E-state index in [1.807, 2.05) is 13.8 Å². The molecule has 0 aromatic rings. The molecular formula is C12H22N2O4. The van der Waals surface area contributed by atoms with Crippen LogP contribution in [0, 0.1) is 0 Å². The van der Waals surface area contributed by atoms with E-state index in [1.165, 1.54) is 6.92 Å². The van der Waals surface area contributed by atoms with Crippen molar-refractivity contribution in [3.05, 3.63) is 0 Å². The van der Waals surface area contributed by atoms with Gasteiger partial charge in [0.1, 0.15) is 5.54 Å². The highest BCUT2D eigenvalue weighted by Gasteiger charge is 2.35. The molecule has 3 atom stereocenters. The molecule has 6 nitrogen and oxygen atoms in total. The number of hydrogen-bond donors (Lipinski definition) is 3. The van der Waals surface area contributed by atoms with Crippen molar-refractivity contribution in [2.75, 3.05) is 6.61 Å². The Morgan fingerprint density at radius 1 is 1.50 bits per heavy atom. The van der Waals surface area contributed by atoms with Crippen LogP contribution in [0.5, 0.6) is 0 Å². The molecule has 1 aliphatic rings. The standard InChI is InChI=1S/C12H22N2O4/c1-4-6-12(3,10(15)16)14-11(17)13-9-5-7-18-8(9)2/h8-9H,4-7H2,1-3H3,(H,15,16)(H2,13,14,17). The lowest BCUT2D eigenvalue weighted by atomic mass is 9.96. The van der Waals surface area contributed by atoms with E-state index in [-0.39, 0.29) is 12.1 Å². The molecule has 1 aliphatic heterocycles. The Bertz CT molecular complexity index is 321. The summed E-state index contributed by atoms with van der Waals surface area (Å²) < 4.78 is 5.33. The quantitative estimate of drug-likeness (QED) is 0.689. The Morgan fingerprint density at radius 2 is 2.17 bits per heavy atom. The third-order valence-electron chi connectivity index (χ3n) is 3.30. The van der Waals surface area contributed by atoms with Crippen LogP contribution in [0.15, 0.2) is 0 Å². The zero-order valence-electron chi connectivity index (χ0n) is 11.2. The van der Waals surface area contributed by atoms with E-state index in [2.05, 4.69) is 10.6 Å². The monoisotopic (exact) mass is 258 g/mol. The second kappa shape index (κ2) is 6.04. The summed E-state index contributed by atoms with van der Waals surface area (Å²) in [7, 11) is 0. The minimum atomic E-state index is -1.22. The molecule has 2 amide bonds. The maximum Gasteiger partial charge on any atom is 0.329 e. The van der Waals surface area contributed by atoms with Gasteiger partial charge in [-0.25, -0.2) is 9.59 Å². The van der Waals surface area contributed by atoms with Gasteiger partial charge >= 0.3 is 12.0 Å². The summed E-state index contributed by atoms with van der Waals surface area (Å²) in [6.07, 6.45) is 1.81. The molecular weight excluding hydrogens is 236 g/mol. The van der Waals surface area contributed by atoms with Crippen LogP contribution in [0.2, 0.25) is 0 Å². The summed E-state index contributed by atoms with van der Waals surface area (Å²) in [6.45, 7) is 5.91. The van der Waals surface area contributed by atoms with E-state index >= 15 is 0 Å². The predicted molar refractivity (Wildman–Crippen MR) is 66.4 cm³/mol. The smallest absolute Gasteiger partial charge is 0.329 e. The van der Waals surface area contributed by atoms with E-state index in [0.29, 0.717) is 19.4 Å². The highest BCUT2D eigenvalue weighted by atomic mass is 16.5. The number of carboxylic acids is 1. The van der Waals surface area contributed by atoms with Crippen LogP contribution < -0.4 is 10.6 Å². The third-order valence-corrected chi connectivity index (χ3v) is 3.30. The number of carbonyl (C=O) groups is 2. The summed E-state index contributed by atoms with van der Waals surface area (Å²) in [5.74, 6) is -1.02. The topological polar surface area (TPSA) is 87.7 Å². The van der Waals surface area contributed by atoms with E-state index in [9.17, 15) is 9.59 Å². The SMILES string of the molecule is CCCC(C)(NC(=O)NC1CCOC1C)C(=O)O. The van der Waals surface area contributed by atoms with Crippen LogP contribution in [-0.4, -0.2) is 41.4 Å². The van der Waals surface area contributed by atoms with Crippen molar-refractivity contribution in [2.24, 2.45) is 0 Å². The Hall–Kier alpha value is -1.30. The minimum absolute atomic E-state index is 0.0296. The van der Waals surface area contributed by atoms with Crippen molar-refractivity contribution >= 4 is 12.0 Å². The number of carboxylic acid groups (broad SMARTS) is 1. The van der Waals surface area contributed by atoms with Crippen LogP contribution in [0.4, 0.5) is 4.79 Å². The van der Waals surface area contributed by atoms with Crippen molar-refractivity contribution in [3.63, 3.8) is 0 Å². The van der Waals surface area contributed by atoms with Crippen LogP contribution in [0.3, 0.4) is 0 Å². The van der Waals surface area contributed by atoms with Gasteiger partial charge in [-0.15, -0.1) is 0 Å². The van der Waals surface area contributed by atoms with Gasteiger partial charge in [-0.2, -0.15) is 0 Å². The second-order valence-corrected chi connectivity index (χ2v) is 4.96. The first-order chi connectivity index (χ1) is 8.39. The van der Waals surface area contributed by atoms with Crippen molar-refractivity contribution in [1.82, 2.24) is 10.6 Å². The molecule has 0 saturated carbocycles. The fraction of sp³-hybridized carbons (Fsp3) is 0.833. The first-order valence-corrected chi connectivity index (χ1v) is 6.32. The Morgan fingerprint density at radius 3 is 2.61 bits per heavy atom. The summed E-state index contributed by atoms with van der Waals surface area (Å²) in [5, 5.41) is 14.5. The van der Waals surface area contributed by atoms with Gasteiger partial charge in [0.05, 0.1) is 12.1 Å². The molecule has 1 fully saturated rings. The van der Waals surface area contributed by atoms with Gasteiger partial charge in [0, 0.05) is 6.61 Å². The Balaban J connectivity index is 2.53. The molecule has 0 aliphatic carbocycles. The molecule has 6 heteroatoms. The summed E-state index contributed by atoms with van der Waals surface area (Å²) >= 11 is 0. The van der Waals surface area contributed by atoms with Crippen molar-refractivity contribution in [2.45, 2.75) is 57.7 Å². The highest BCUT2D eigenvalue weighted by Crippen LogP contribution is 2.14. The molecule has 1 heterocycles. The minimum Gasteiger partial charge on any atom is -0.480 e. The van der Waals surface area contributed by atoms with E-state index in [0.717, 1.165) is 6.42 Å². The Labute approximate surface area is 107 Å². The fourth-order valence-electron chi connectivity index (χ4n) is 2.10. The number of amides is 2.